The number of anilines is 5. The summed E-state index contributed by atoms with van der Waals surface area (Å²) in [5.41, 5.74) is 3.19. The number of hydrogen-bond acceptors (Lipinski definition) is 5. The van der Waals surface area contributed by atoms with E-state index in [1.165, 1.54) is 5.69 Å². The first kappa shape index (κ1) is 16.8. The fraction of sp³-hybridized carbons (Fsp3) is 0.200. The summed E-state index contributed by atoms with van der Waals surface area (Å²) in [5, 5.41) is 6.52. The minimum atomic E-state index is 0.566. The van der Waals surface area contributed by atoms with Gasteiger partial charge in [0.05, 0.1) is 0 Å². The molecule has 0 amide bonds. The van der Waals surface area contributed by atoms with Crippen molar-refractivity contribution in [2.24, 2.45) is 0 Å². The normalized spacial score (nSPS) is 10.3. The van der Waals surface area contributed by atoms with E-state index in [-0.39, 0.29) is 0 Å². The molecule has 3 rings (SSSR count). The van der Waals surface area contributed by atoms with Crippen LogP contribution in [0.25, 0.3) is 0 Å². The molecule has 1 aromatic heterocycles. The van der Waals surface area contributed by atoms with Crippen LogP contribution in [0.15, 0.2) is 66.9 Å². The average molecular weight is 333 g/mol. The maximum Gasteiger partial charge on any atom is 0.229 e. The zero-order valence-electron chi connectivity index (χ0n) is 14.6. The predicted octanol–water partition coefficient (Wildman–Crippen LogP) is 4.81. The molecule has 2 aromatic carbocycles. The van der Waals surface area contributed by atoms with Gasteiger partial charge in [0.1, 0.15) is 5.82 Å². The molecule has 0 atom stereocenters. The van der Waals surface area contributed by atoms with Crippen LogP contribution >= 0.6 is 0 Å². The van der Waals surface area contributed by atoms with Crippen molar-refractivity contribution in [2.75, 3.05) is 28.6 Å². The lowest BCUT2D eigenvalue weighted by Crippen LogP contribution is -2.21. The molecule has 0 bridgehead atoms. The third-order valence-electron chi connectivity index (χ3n) is 3.95. The van der Waals surface area contributed by atoms with Gasteiger partial charge in [-0.05, 0) is 56.3 Å². The maximum absolute atomic E-state index is 4.51. The molecule has 1 heterocycles. The number of rotatable bonds is 7. The van der Waals surface area contributed by atoms with Crippen LogP contribution < -0.4 is 15.5 Å². The summed E-state index contributed by atoms with van der Waals surface area (Å²) in [7, 11) is 0. The third-order valence-corrected chi connectivity index (χ3v) is 3.95. The Balaban J connectivity index is 1.69. The fourth-order valence-electron chi connectivity index (χ4n) is 2.63. The van der Waals surface area contributed by atoms with Gasteiger partial charge < -0.3 is 15.5 Å². The Kier molecular flexibility index (Phi) is 5.46. The molecule has 25 heavy (non-hydrogen) atoms. The largest absolute Gasteiger partial charge is 0.372 e. The summed E-state index contributed by atoms with van der Waals surface area (Å²) in [5.74, 6) is 1.32. The monoisotopic (exact) mass is 333 g/mol. The average Bonchev–Trinajstić information content (AvgIpc) is 2.65. The van der Waals surface area contributed by atoms with Crippen molar-refractivity contribution in [3.05, 3.63) is 66.9 Å². The Morgan fingerprint density at radius 3 is 2.16 bits per heavy atom. The number of para-hydroxylation sites is 1. The Hall–Kier alpha value is -3.08. The van der Waals surface area contributed by atoms with Crippen LogP contribution in [0, 0.1) is 0 Å². The van der Waals surface area contributed by atoms with Gasteiger partial charge in [0, 0.05) is 36.3 Å². The lowest BCUT2D eigenvalue weighted by molar-refractivity contribution is 0.866. The molecule has 3 aromatic rings. The molecule has 0 fully saturated rings. The van der Waals surface area contributed by atoms with E-state index in [9.17, 15) is 0 Å². The highest BCUT2D eigenvalue weighted by Gasteiger charge is 2.03. The summed E-state index contributed by atoms with van der Waals surface area (Å²) in [6, 6.07) is 20.1. The van der Waals surface area contributed by atoms with Crippen molar-refractivity contribution in [1.29, 1.82) is 0 Å². The molecule has 2 N–H and O–H groups in total. The van der Waals surface area contributed by atoms with E-state index in [4.69, 9.17) is 0 Å². The van der Waals surface area contributed by atoms with Crippen LogP contribution in [0.4, 0.5) is 28.8 Å². The Labute approximate surface area is 148 Å². The van der Waals surface area contributed by atoms with E-state index >= 15 is 0 Å². The van der Waals surface area contributed by atoms with E-state index < -0.39 is 0 Å². The summed E-state index contributed by atoms with van der Waals surface area (Å²) < 4.78 is 0. The van der Waals surface area contributed by atoms with Crippen LogP contribution in [-0.4, -0.2) is 23.1 Å². The van der Waals surface area contributed by atoms with Gasteiger partial charge in [0.2, 0.25) is 5.95 Å². The van der Waals surface area contributed by atoms with Gasteiger partial charge in [0.25, 0.3) is 0 Å². The number of benzene rings is 2. The predicted molar refractivity (Wildman–Crippen MR) is 105 cm³/mol. The maximum atomic E-state index is 4.51. The third kappa shape index (κ3) is 4.47. The number of hydrogen-bond donors (Lipinski definition) is 2. The van der Waals surface area contributed by atoms with Crippen LogP contribution in [0.2, 0.25) is 0 Å². The molecule has 5 heteroatoms. The smallest absolute Gasteiger partial charge is 0.229 e. The molecule has 0 saturated heterocycles. The Morgan fingerprint density at radius 1 is 0.800 bits per heavy atom. The topological polar surface area (TPSA) is 53.1 Å². The van der Waals surface area contributed by atoms with Gasteiger partial charge in [-0.2, -0.15) is 4.98 Å². The first-order valence-corrected chi connectivity index (χ1v) is 8.55. The molecule has 0 radical (unpaired) electrons. The van der Waals surface area contributed by atoms with Crippen molar-refractivity contribution in [3.8, 4) is 0 Å². The van der Waals surface area contributed by atoms with E-state index in [2.05, 4.69) is 63.6 Å². The zero-order valence-corrected chi connectivity index (χ0v) is 14.6. The first-order valence-electron chi connectivity index (χ1n) is 8.55. The second kappa shape index (κ2) is 8.15. The molecule has 0 aliphatic heterocycles. The van der Waals surface area contributed by atoms with Crippen LogP contribution in [0.1, 0.15) is 13.8 Å². The van der Waals surface area contributed by atoms with Crippen LogP contribution in [-0.2, 0) is 0 Å². The Bertz CT molecular complexity index is 783. The molecule has 0 saturated carbocycles. The Morgan fingerprint density at radius 2 is 1.48 bits per heavy atom. The highest BCUT2D eigenvalue weighted by atomic mass is 15.1. The van der Waals surface area contributed by atoms with Crippen molar-refractivity contribution in [1.82, 2.24) is 9.97 Å². The van der Waals surface area contributed by atoms with Gasteiger partial charge >= 0.3 is 0 Å². The van der Waals surface area contributed by atoms with E-state index in [0.29, 0.717) is 5.95 Å². The second-order valence-corrected chi connectivity index (χ2v) is 5.60. The zero-order chi connectivity index (χ0) is 17.5. The van der Waals surface area contributed by atoms with E-state index in [1.807, 2.05) is 36.4 Å². The van der Waals surface area contributed by atoms with Crippen molar-refractivity contribution in [2.45, 2.75) is 13.8 Å². The van der Waals surface area contributed by atoms with E-state index in [0.717, 1.165) is 30.3 Å². The summed E-state index contributed by atoms with van der Waals surface area (Å²) in [6.07, 6.45) is 1.74. The highest BCUT2D eigenvalue weighted by Crippen LogP contribution is 2.21. The fourth-order valence-corrected chi connectivity index (χ4v) is 2.63. The van der Waals surface area contributed by atoms with Gasteiger partial charge in [-0.15, -0.1) is 0 Å². The molecular weight excluding hydrogens is 310 g/mol. The van der Waals surface area contributed by atoms with Gasteiger partial charge in [-0.3, -0.25) is 0 Å². The standard InChI is InChI=1S/C20H23N5/c1-3-25(4-2)18-12-10-17(11-13-18)22-19-14-15-21-20(24-19)23-16-8-6-5-7-9-16/h5-15H,3-4H2,1-2H3,(H2,21,22,23,24). The molecule has 0 spiro atoms. The van der Waals surface area contributed by atoms with Crippen molar-refractivity contribution in [3.63, 3.8) is 0 Å². The van der Waals surface area contributed by atoms with E-state index in [1.54, 1.807) is 6.20 Å². The summed E-state index contributed by atoms with van der Waals surface area (Å²) >= 11 is 0. The van der Waals surface area contributed by atoms with Crippen molar-refractivity contribution < 1.29 is 0 Å². The van der Waals surface area contributed by atoms with Crippen molar-refractivity contribution >= 4 is 28.8 Å². The minimum Gasteiger partial charge on any atom is -0.372 e. The SMILES string of the molecule is CCN(CC)c1ccc(Nc2ccnc(Nc3ccccc3)n2)cc1. The van der Waals surface area contributed by atoms with Gasteiger partial charge in [0.15, 0.2) is 0 Å². The summed E-state index contributed by atoms with van der Waals surface area (Å²) in [6.45, 7) is 6.34. The van der Waals surface area contributed by atoms with Gasteiger partial charge in [-0.25, -0.2) is 4.98 Å². The molecule has 0 aliphatic rings. The van der Waals surface area contributed by atoms with Crippen LogP contribution in [0.3, 0.4) is 0 Å². The molecule has 0 aliphatic carbocycles. The first-order chi connectivity index (χ1) is 12.3. The minimum absolute atomic E-state index is 0.566. The summed E-state index contributed by atoms with van der Waals surface area (Å²) in [4.78, 5) is 11.1. The lowest BCUT2D eigenvalue weighted by atomic mass is 10.2. The number of aromatic nitrogens is 2. The second-order valence-electron chi connectivity index (χ2n) is 5.60. The highest BCUT2D eigenvalue weighted by molar-refractivity contribution is 5.62. The lowest BCUT2D eigenvalue weighted by Gasteiger charge is -2.21. The molecule has 0 unspecified atom stereocenters. The number of nitrogens with one attached hydrogen (secondary N) is 2. The molecular formula is C20H23N5. The van der Waals surface area contributed by atoms with Gasteiger partial charge in [-0.1, -0.05) is 18.2 Å². The number of nitrogens with zero attached hydrogens (tertiary/aromatic N) is 3. The van der Waals surface area contributed by atoms with Crippen LogP contribution in [0.5, 0.6) is 0 Å². The quantitative estimate of drug-likeness (QED) is 0.650. The molecule has 128 valence electrons. The molecule has 5 nitrogen and oxygen atoms in total.